The third kappa shape index (κ3) is 4.51. The zero-order chi connectivity index (χ0) is 22.0. The minimum atomic E-state index is -0.466. The van der Waals surface area contributed by atoms with Crippen LogP contribution < -0.4 is 15.4 Å². The predicted octanol–water partition coefficient (Wildman–Crippen LogP) is 3.19. The van der Waals surface area contributed by atoms with Gasteiger partial charge in [0.1, 0.15) is 11.6 Å². The number of thiazole rings is 1. The first-order valence-corrected chi connectivity index (χ1v) is 10.7. The first-order valence-electron chi connectivity index (χ1n) is 9.84. The summed E-state index contributed by atoms with van der Waals surface area (Å²) in [5.41, 5.74) is 7.25. The van der Waals surface area contributed by atoms with Crippen molar-refractivity contribution < 1.29 is 19.1 Å². The molecule has 31 heavy (non-hydrogen) atoms. The molecule has 9 heteroatoms. The van der Waals surface area contributed by atoms with Crippen LogP contribution in [-0.4, -0.2) is 43.0 Å². The molecule has 8 nitrogen and oxygen atoms in total. The maximum atomic E-state index is 12.6. The first kappa shape index (κ1) is 20.8. The molecule has 0 radical (unpaired) electrons. The van der Waals surface area contributed by atoms with Gasteiger partial charge in [-0.05, 0) is 55.3 Å². The third-order valence-corrected chi connectivity index (χ3v) is 6.37. The molecule has 2 heterocycles. The van der Waals surface area contributed by atoms with E-state index in [4.69, 9.17) is 20.6 Å². The summed E-state index contributed by atoms with van der Waals surface area (Å²) in [7, 11) is 1.42. The summed E-state index contributed by atoms with van der Waals surface area (Å²) in [6, 6.07) is 11.8. The molecule has 0 aliphatic carbocycles. The van der Waals surface area contributed by atoms with E-state index in [1.807, 2.05) is 6.07 Å². The van der Waals surface area contributed by atoms with Gasteiger partial charge in [-0.1, -0.05) is 11.3 Å². The molecule has 2 aromatic carbocycles. The number of rotatable bonds is 5. The van der Waals surface area contributed by atoms with Crippen molar-refractivity contribution in [2.75, 3.05) is 25.1 Å². The number of nitrogens with one attached hydrogen (secondary N) is 1. The van der Waals surface area contributed by atoms with E-state index in [-0.39, 0.29) is 17.7 Å². The molecule has 0 spiro atoms. The summed E-state index contributed by atoms with van der Waals surface area (Å²) in [5, 5.41) is 8.29. The van der Waals surface area contributed by atoms with Gasteiger partial charge in [0.25, 0.3) is 0 Å². The van der Waals surface area contributed by atoms with Crippen molar-refractivity contribution in [3.05, 3.63) is 53.6 Å². The number of fused-ring (bicyclic) bond motifs is 1. The summed E-state index contributed by atoms with van der Waals surface area (Å²) in [6.45, 7) is 1.48. The number of aromatic nitrogens is 1. The van der Waals surface area contributed by atoms with E-state index in [9.17, 15) is 9.59 Å². The molecule has 1 fully saturated rings. The Morgan fingerprint density at radius 2 is 1.81 bits per heavy atom. The second-order valence-electron chi connectivity index (χ2n) is 7.29. The van der Waals surface area contributed by atoms with Crippen molar-refractivity contribution in [3.8, 4) is 5.75 Å². The highest BCUT2D eigenvalue weighted by molar-refractivity contribution is 7.22. The number of nitrogen functional groups attached to an aromatic ring is 1. The lowest BCUT2D eigenvalue weighted by atomic mass is 9.97. The molecule has 3 aromatic rings. The lowest BCUT2D eigenvalue weighted by molar-refractivity contribution is -0.146. The fourth-order valence-corrected chi connectivity index (χ4v) is 4.57. The molecule has 1 aliphatic heterocycles. The molecule has 1 aromatic heterocycles. The fourth-order valence-electron chi connectivity index (χ4n) is 3.52. The molecule has 0 bridgehead atoms. The van der Waals surface area contributed by atoms with Gasteiger partial charge >= 0.3 is 11.9 Å². The SMILES string of the molecule is COC(=O)C1CCN(c2nc3ccc(C(=O)Oc4ccc(C(=N)N)cc4)cc3s2)CC1. The number of benzene rings is 2. The largest absolute Gasteiger partial charge is 0.469 e. The number of amidine groups is 1. The van der Waals surface area contributed by atoms with Gasteiger partial charge in [0.2, 0.25) is 0 Å². The Balaban J connectivity index is 1.45. The third-order valence-electron chi connectivity index (χ3n) is 5.29. The van der Waals surface area contributed by atoms with Crippen LogP contribution in [0.15, 0.2) is 42.5 Å². The normalized spacial score (nSPS) is 14.4. The molecular formula is C22H22N4O4S. The number of hydrogen-bond donors (Lipinski definition) is 2. The number of esters is 2. The highest BCUT2D eigenvalue weighted by atomic mass is 32.1. The van der Waals surface area contributed by atoms with E-state index in [1.54, 1.807) is 36.4 Å². The second kappa shape index (κ2) is 8.73. The second-order valence-corrected chi connectivity index (χ2v) is 8.30. The fraction of sp³-hybridized carbons (Fsp3) is 0.273. The van der Waals surface area contributed by atoms with Crippen molar-refractivity contribution in [1.82, 2.24) is 4.98 Å². The summed E-state index contributed by atoms with van der Waals surface area (Å²) >= 11 is 1.52. The van der Waals surface area contributed by atoms with Crippen LogP contribution in [0.2, 0.25) is 0 Å². The minimum Gasteiger partial charge on any atom is -0.469 e. The van der Waals surface area contributed by atoms with Gasteiger partial charge in [0, 0.05) is 18.7 Å². The van der Waals surface area contributed by atoms with Crippen LogP contribution in [0.1, 0.15) is 28.8 Å². The van der Waals surface area contributed by atoms with E-state index in [2.05, 4.69) is 9.88 Å². The number of carbonyl (C=O) groups excluding carboxylic acids is 2. The molecule has 1 aliphatic rings. The smallest absolute Gasteiger partial charge is 0.343 e. The zero-order valence-corrected chi connectivity index (χ0v) is 17.8. The van der Waals surface area contributed by atoms with Crippen LogP contribution in [0.4, 0.5) is 5.13 Å². The number of carbonyl (C=O) groups is 2. The summed E-state index contributed by atoms with van der Waals surface area (Å²) in [6.07, 6.45) is 1.48. The Kier molecular flexibility index (Phi) is 5.85. The van der Waals surface area contributed by atoms with Gasteiger partial charge in [-0.25, -0.2) is 9.78 Å². The highest BCUT2D eigenvalue weighted by Gasteiger charge is 2.27. The van der Waals surface area contributed by atoms with Crippen LogP contribution in [0, 0.1) is 11.3 Å². The van der Waals surface area contributed by atoms with Gasteiger partial charge in [0.15, 0.2) is 5.13 Å². The molecule has 3 N–H and O–H groups in total. The Morgan fingerprint density at radius 3 is 2.45 bits per heavy atom. The average Bonchev–Trinajstić information content (AvgIpc) is 3.22. The number of ether oxygens (including phenoxy) is 2. The van der Waals surface area contributed by atoms with Gasteiger partial charge in [-0.2, -0.15) is 0 Å². The highest BCUT2D eigenvalue weighted by Crippen LogP contribution is 2.32. The Bertz CT molecular complexity index is 1130. The molecule has 0 atom stereocenters. The first-order chi connectivity index (χ1) is 14.9. The van der Waals surface area contributed by atoms with Crippen molar-refractivity contribution in [2.24, 2.45) is 11.7 Å². The number of hydrogen-bond acceptors (Lipinski definition) is 8. The monoisotopic (exact) mass is 438 g/mol. The number of nitrogens with zero attached hydrogens (tertiary/aromatic N) is 2. The van der Waals surface area contributed by atoms with E-state index >= 15 is 0 Å². The van der Waals surface area contributed by atoms with Crippen LogP contribution in [0.25, 0.3) is 10.2 Å². The molecule has 0 saturated carbocycles. The van der Waals surface area contributed by atoms with Crippen LogP contribution in [-0.2, 0) is 9.53 Å². The molecule has 160 valence electrons. The van der Waals surface area contributed by atoms with Crippen molar-refractivity contribution in [2.45, 2.75) is 12.8 Å². The summed E-state index contributed by atoms with van der Waals surface area (Å²) < 4.78 is 11.2. The Hall–Kier alpha value is -3.46. The zero-order valence-electron chi connectivity index (χ0n) is 17.0. The van der Waals surface area contributed by atoms with E-state index in [0.717, 1.165) is 41.3 Å². The molecule has 0 amide bonds. The molecule has 4 rings (SSSR count). The number of piperidine rings is 1. The number of anilines is 1. The van der Waals surface area contributed by atoms with Gasteiger partial charge in [-0.15, -0.1) is 0 Å². The van der Waals surface area contributed by atoms with Gasteiger partial charge < -0.3 is 20.1 Å². The van der Waals surface area contributed by atoms with Crippen molar-refractivity contribution in [3.63, 3.8) is 0 Å². The summed E-state index contributed by atoms with van der Waals surface area (Å²) in [4.78, 5) is 31.1. The average molecular weight is 439 g/mol. The minimum absolute atomic E-state index is 0.0427. The lowest BCUT2D eigenvalue weighted by Gasteiger charge is -2.30. The van der Waals surface area contributed by atoms with E-state index in [1.165, 1.54) is 18.4 Å². The van der Waals surface area contributed by atoms with Crippen molar-refractivity contribution >= 4 is 44.5 Å². The van der Waals surface area contributed by atoms with Gasteiger partial charge in [0.05, 0.1) is 28.8 Å². The van der Waals surface area contributed by atoms with E-state index in [0.29, 0.717) is 16.9 Å². The number of nitrogens with two attached hydrogens (primary N) is 1. The topological polar surface area (TPSA) is 119 Å². The molecule has 1 saturated heterocycles. The molecular weight excluding hydrogens is 416 g/mol. The Morgan fingerprint density at radius 1 is 1.13 bits per heavy atom. The van der Waals surface area contributed by atoms with Crippen LogP contribution in [0.5, 0.6) is 5.75 Å². The van der Waals surface area contributed by atoms with E-state index < -0.39 is 5.97 Å². The lowest BCUT2D eigenvalue weighted by Crippen LogP contribution is -2.36. The van der Waals surface area contributed by atoms with Crippen LogP contribution >= 0.6 is 11.3 Å². The number of methoxy groups -OCH3 is 1. The predicted molar refractivity (Wildman–Crippen MR) is 119 cm³/mol. The standard InChI is InChI=1S/C22H22N4O4S/c1-29-20(27)14-8-10-26(11-9-14)22-25-17-7-4-15(12-18(17)31-22)21(28)30-16-5-2-13(3-6-16)19(23)24/h2-7,12,14H,8-11H2,1H3,(H3,23,24). The maximum absolute atomic E-state index is 12.6. The quantitative estimate of drug-likeness (QED) is 0.272. The van der Waals surface area contributed by atoms with Crippen LogP contribution in [0.3, 0.4) is 0 Å². The Labute approximate surface area is 183 Å². The maximum Gasteiger partial charge on any atom is 0.343 e. The molecule has 0 unspecified atom stereocenters. The van der Waals surface area contributed by atoms with Crippen molar-refractivity contribution in [1.29, 1.82) is 5.41 Å². The van der Waals surface area contributed by atoms with Gasteiger partial charge in [-0.3, -0.25) is 10.2 Å². The summed E-state index contributed by atoms with van der Waals surface area (Å²) in [5.74, 6) is -0.330.